The molecular weight excluding hydrogens is 312 g/mol. The van der Waals surface area contributed by atoms with Crippen LogP contribution < -0.4 is 16.0 Å². The molecule has 0 aliphatic rings. The highest BCUT2D eigenvalue weighted by atomic mass is 32.1. The maximum atomic E-state index is 9.00. The molecule has 10 heteroatoms. The van der Waals surface area contributed by atoms with Crippen LogP contribution in [0.2, 0.25) is 0 Å². The quantitative estimate of drug-likeness (QED) is 0.356. The van der Waals surface area contributed by atoms with E-state index in [0.29, 0.717) is 5.11 Å². The average molecular weight is 339 g/mol. The molecule has 0 spiro atoms. The van der Waals surface area contributed by atoms with Crippen molar-refractivity contribution in [2.45, 2.75) is 21.3 Å². The SMILES string of the molecule is C.CC(=O)O.CN=c1sc(C)nn1C.CNC(=S)N(C)N. The molecule has 1 rings (SSSR count). The molecule has 0 aliphatic carbocycles. The highest BCUT2D eigenvalue weighted by molar-refractivity contribution is 7.80. The maximum absolute atomic E-state index is 9.00. The number of rotatable bonds is 0. The van der Waals surface area contributed by atoms with Crippen molar-refractivity contribution in [3.63, 3.8) is 0 Å². The molecule has 124 valence electrons. The van der Waals surface area contributed by atoms with Crippen molar-refractivity contribution >= 4 is 34.6 Å². The number of hydrogen-bond acceptors (Lipinski definition) is 6. The predicted octanol–water partition coefficient (Wildman–Crippen LogP) is 0.344. The lowest BCUT2D eigenvalue weighted by Gasteiger charge is -2.10. The van der Waals surface area contributed by atoms with Gasteiger partial charge in [0.2, 0.25) is 4.80 Å². The van der Waals surface area contributed by atoms with Crippen LogP contribution in [0.5, 0.6) is 0 Å². The van der Waals surface area contributed by atoms with Crippen molar-refractivity contribution in [1.29, 1.82) is 0 Å². The third kappa shape index (κ3) is 14.7. The number of aliphatic carboxylic acids is 1. The second-order valence-electron chi connectivity index (χ2n) is 3.44. The third-order valence-electron chi connectivity index (χ3n) is 1.53. The Labute approximate surface area is 135 Å². The summed E-state index contributed by atoms with van der Waals surface area (Å²) in [6.07, 6.45) is 0. The summed E-state index contributed by atoms with van der Waals surface area (Å²) in [7, 11) is 7.07. The predicted molar refractivity (Wildman–Crippen MR) is 91.0 cm³/mol. The molecule has 8 nitrogen and oxygen atoms in total. The number of carboxylic acid groups (broad SMARTS) is 1. The second kappa shape index (κ2) is 13.5. The van der Waals surface area contributed by atoms with Crippen LogP contribution in [0, 0.1) is 6.92 Å². The van der Waals surface area contributed by atoms with Gasteiger partial charge in [-0.25, -0.2) is 10.5 Å². The van der Waals surface area contributed by atoms with Gasteiger partial charge in [0.15, 0.2) is 5.11 Å². The van der Waals surface area contributed by atoms with E-state index in [2.05, 4.69) is 27.6 Å². The van der Waals surface area contributed by atoms with E-state index in [1.807, 2.05) is 14.0 Å². The Morgan fingerprint density at radius 3 is 2.14 bits per heavy atom. The normalized spacial score (nSPS) is 9.19. The number of nitrogens with one attached hydrogen (secondary N) is 1. The van der Waals surface area contributed by atoms with E-state index in [1.54, 1.807) is 37.2 Å². The zero-order valence-corrected chi connectivity index (χ0v) is 14.2. The summed E-state index contributed by atoms with van der Waals surface area (Å²) in [5.41, 5.74) is 0. The minimum atomic E-state index is -0.833. The second-order valence-corrected chi connectivity index (χ2v) is 4.98. The number of aryl methyl sites for hydroxylation is 2. The van der Waals surface area contributed by atoms with Crippen molar-refractivity contribution in [3.05, 3.63) is 9.81 Å². The summed E-state index contributed by atoms with van der Waals surface area (Å²) in [5.74, 6) is 4.34. The molecule has 0 aromatic carbocycles. The molecule has 1 aromatic rings. The highest BCUT2D eigenvalue weighted by Crippen LogP contribution is 1.91. The summed E-state index contributed by atoms with van der Waals surface area (Å²) < 4.78 is 1.78. The molecule has 4 N–H and O–H groups in total. The average Bonchev–Trinajstić information content (AvgIpc) is 2.66. The monoisotopic (exact) mass is 338 g/mol. The fourth-order valence-electron chi connectivity index (χ4n) is 0.839. The molecule has 21 heavy (non-hydrogen) atoms. The highest BCUT2D eigenvalue weighted by Gasteiger charge is 1.91. The van der Waals surface area contributed by atoms with E-state index >= 15 is 0 Å². The topological polar surface area (TPSA) is 109 Å². The molecule has 0 atom stereocenters. The van der Waals surface area contributed by atoms with Crippen LogP contribution in [0.1, 0.15) is 19.4 Å². The number of carboxylic acids is 1. The molecule has 1 heterocycles. The lowest BCUT2D eigenvalue weighted by molar-refractivity contribution is -0.134. The summed E-state index contributed by atoms with van der Waals surface area (Å²) in [4.78, 5) is 14.0. The van der Waals surface area contributed by atoms with Crippen LogP contribution in [0.3, 0.4) is 0 Å². The van der Waals surface area contributed by atoms with Gasteiger partial charge < -0.3 is 10.4 Å². The Morgan fingerprint density at radius 2 is 2.05 bits per heavy atom. The van der Waals surface area contributed by atoms with Crippen molar-refractivity contribution in [1.82, 2.24) is 20.1 Å². The molecule has 0 bridgehead atoms. The first-order chi connectivity index (χ1) is 9.15. The van der Waals surface area contributed by atoms with Gasteiger partial charge in [-0.2, -0.15) is 5.10 Å². The molecule has 0 fully saturated rings. The van der Waals surface area contributed by atoms with Gasteiger partial charge >= 0.3 is 0 Å². The Balaban J connectivity index is -0.000000244. The largest absolute Gasteiger partial charge is 0.481 e. The van der Waals surface area contributed by atoms with Crippen molar-refractivity contribution in [2.75, 3.05) is 21.1 Å². The molecule has 0 unspecified atom stereocenters. The Morgan fingerprint density at radius 1 is 1.62 bits per heavy atom. The zero-order chi connectivity index (χ0) is 16.3. The number of hydrazine groups is 1. The number of nitrogens with two attached hydrogens (primary N) is 1. The van der Waals surface area contributed by atoms with E-state index in [4.69, 9.17) is 15.7 Å². The van der Waals surface area contributed by atoms with Gasteiger partial charge in [-0.15, -0.1) is 0 Å². The summed E-state index contributed by atoms with van der Waals surface area (Å²) >= 11 is 6.27. The van der Waals surface area contributed by atoms with E-state index in [-0.39, 0.29) is 7.43 Å². The number of thiocarbonyl (C=S) groups is 1. The van der Waals surface area contributed by atoms with Crippen LogP contribution in [-0.4, -0.2) is 52.1 Å². The first-order valence-corrected chi connectivity index (χ1v) is 6.71. The zero-order valence-electron chi connectivity index (χ0n) is 12.5. The van der Waals surface area contributed by atoms with Gasteiger partial charge in [-0.1, -0.05) is 18.8 Å². The van der Waals surface area contributed by atoms with E-state index in [0.717, 1.165) is 16.7 Å². The number of nitrogens with zero attached hydrogens (tertiary/aromatic N) is 4. The first-order valence-electron chi connectivity index (χ1n) is 5.48. The van der Waals surface area contributed by atoms with Crippen LogP contribution in [0.15, 0.2) is 4.99 Å². The van der Waals surface area contributed by atoms with Crippen LogP contribution >= 0.6 is 23.6 Å². The van der Waals surface area contributed by atoms with Gasteiger partial charge in [-0.3, -0.25) is 14.8 Å². The smallest absolute Gasteiger partial charge is 0.300 e. The molecular formula is C11H26N6O2S2. The van der Waals surface area contributed by atoms with Crippen LogP contribution in [0.25, 0.3) is 0 Å². The Hall–Kier alpha value is -1.52. The van der Waals surface area contributed by atoms with Gasteiger partial charge in [-0.05, 0) is 19.1 Å². The van der Waals surface area contributed by atoms with E-state index in [1.165, 1.54) is 5.01 Å². The van der Waals surface area contributed by atoms with Crippen LogP contribution in [-0.2, 0) is 11.8 Å². The lowest BCUT2D eigenvalue weighted by atomic mass is 10.9. The van der Waals surface area contributed by atoms with E-state index in [9.17, 15) is 0 Å². The van der Waals surface area contributed by atoms with Crippen molar-refractivity contribution in [2.24, 2.45) is 17.9 Å². The van der Waals surface area contributed by atoms with Crippen molar-refractivity contribution in [3.8, 4) is 0 Å². The van der Waals surface area contributed by atoms with Crippen LogP contribution in [0.4, 0.5) is 0 Å². The van der Waals surface area contributed by atoms with Gasteiger partial charge in [0, 0.05) is 35.1 Å². The van der Waals surface area contributed by atoms with Gasteiger partial charge in [0.25, 0.3) is 5.97 Å². The number of carbonyl (C=O) groups is 1. The summed E-state index contributed by atoms with van der Waals surface area (Å²) in [6.45, 7) is 3.05. The van der Waals surface area contributed by atoms with Gasteiger partial charge in [0.1, 0.15) is 5.01 Å². The molecule has 0 saturated carbocycles. The minimum Gasteiger partial charge on any atom is -0.481 e. The molecule has 0 aliphatic heterocycles. The fourth-order valence-corrected chi connectivity index (χ4v) is 1.53. The summed E-state index contributed by atoms with van der Waals surface area (Å²) in [5, 5.41) is 17.2. The van der Waals surface area contributed by atoms with E-state index < -0.39 is 5.97 Å². The first kappa shape index (κ1) is 24.5. The minimum absolute atomic E-state index is 0. The van der Waals surface area contributed by atoms with Gasteiger partial charge in [0.05, 0.1) is 0 Å². The third-order valence-corrected chi connectivity index (χ3v) is 3.03. The number of hydrogen-bond donors (Lipinski definition) is 3. The number of aromatic nitrogens is 2. The Bertz CT molecular complexity index is 477. The molecule has 0 saturated heterocycles. The van der Waals surface area contributed by atoms with Crippen molar-refractivity contribution < 1.29 is 9.90 Å². The summed E-state index contributed by atoms with van der Waals surface area (Å²) in [6, 6.07) is 0. The standard InChI is InChI=1S/C5H9N3S.C3H9N3S.C2H4O2.CH4/c1-4-7-8(3)5(6-2)9-4;1-5-3(7)6(2)4;1-2(3)4;/h1-3H3;4H2,1-2H3,(H,5,7);1H3,(H,3,4);1H4. The lowest BCUT2D eigenvalue weighted by Crippen LogP contribution is -2.39. The maximum Gasteiger partial charge on any atom is 0.300 e. The molecule has 1 aromatic heterocycles. The molecule has 0 radical (unpaired) electrons. The molecule has 0 amide bonds. The fraction of sp³-hybridized carbons (Fsp3) is 0.636. The Kier molecular flexibility index (Phi) is 15.7.